The molecule has 1 aromatic rings. The second-order valence-electron chi connectivity index (χ2n) is 5.64. The summed E-state index contributed by atoms with van der Waals surface area (Å²) in [6, 6.07) is 3.21. The van der Waals surface area contributed by atoms with Crippen molar-refractivity contribution in [2.75, 3.05) is 14.2 Å². The summed E-state index contributed by atoms with van der Waals surface area (Å²) in [5.74, 6) is 1.63. The van der Waals surface area contributed by atoms with Crippen LogP contribution in [0.2, 0.25) is 0 Å². The topological polar surface area (TPSA) is 64.7 Å². The van der Waals surface area contributed by atoms with Gasteiger partial charge in [0.2, 0.25) is 0 Å². The van der Waals surface area contributed by atoms with Gasteiger partial charge >= 0.3 is 0 Å². The lowest BCUT2D eigenvalue weighted by Crippen LogP contribution is -2.34. The Morgan fingerprint density at radius 2 is 1.73 bits per heavy atom. The molecule has 1 aromatic carbocycles. The molecule has 126 valence electrons. The van der Waals surface area contributed by atoms with Gasteiger partial charge in [0.1, 0.15) is 11.5 Å². The van der Waals surface area contributed by atoms with Crippen molar-refractivity contribution in [2.24, 2.45) is 11.7 Å². The van der Waals surface area contributed by atoms with Gasteiger partial charge < -0.3 is 20.3 Å². The van der Waals surface area contributed by atoms with Crippen molar-refractivity contribution in [2.45, 2.75) is 44.2 Å². The first-order valence-corrected chi connectivity index (χ1v) is 8.22. The third kappa shape index (κ3) is 4.28. The van der Waals surface area contributed by atoms with Gasteiger partial charge in [0.25, 0.3) is 0 Å². The summed E-state index contributed by atoms with van der Waals surface area (Å²) in [7, 11) is 3.22. The molecule has 0 saturated heterocycles. The monoisotopic (exact) mass is 393 g/mol. The number of nitrogens with two attached hydrogens (primary N) is 1. The molecule has 0 heterocycles. The van der Waals surface area contributed by atoms with Crippen molar-refractivity contribution < 1.29 is 14.6 Å². The van der Waals surface area contributed by atoms with Crippen LogP contribution in [0.25, 0.3) is 0 Å². The highest BCUT2D eigenvalue weighted by atomic mass is 79.9. The van der Waals surface area contributed by atoms with Crippen LogP contribution in [0.15, 0.2) is 16.6 Å². The predicted octanol–water partition coefficient (Wildman–Crippen LogP) is 3.83. The zero-order chi connectivity index (χ0) is 15.4. The molecule has 2 atom stereocenters. The van der Waals surface area contributed by atoms with Crippen LogP contribution in [-0.2, 0) is 0 Å². The van der Waals surface area contributed by atoms with Crippen LogP contribution in [0, 0.1) is 5.92 Å². The first kappa shape index (κ1) is 19.6. The van der Waals surface area contributed by atoms with Crippen molar-refractivity contribution >= 4 is 28.3 Å². The zero-order valence-corrected chi connectivity index (χ0v) is 15.5. The van der Waals surface area contributed by atoms with Crippen LogP contribution in [0.5, 0.6) is 11.5 Å². The fourth-order valence-corrected chi connectivity index (χ4v) is 3.58. The van der Waals surface area contributed by atoms with E-state index in [2.05, 4.69) is 15.9 Å². The fraction of sp³-hybridized carbons (Fsp3) is 0.625. The molecule has 6 heteroatoms. The van der Waals surface area contributed by atoms with E-state index in [0.717, 1.165) is 22.9 Å². The number of aliphatic hydroxyl groups is 1. The van der Waals surface area contributed by atoms with Crippen molar-refractivity contribution in [3.05, 3.63) is 22.2 Å². The molecule has 1 fully saturated rings. The predicted molar refractivity (Wildman–Crippen MR) is 94.0 cm³/mol. The van der Waals surface area contributed by atoms with E-state index >= 15 is 0 Å². The average Bonchev–Trinajstić information content (AvgIpc) is 2.54. The van der Waals surface area contributed by atoms with Gasteiger partial charge in [-0.15, -0.1) is 12.4 Å². The second kappa shape index (κ2) is 8.96. The second-order valence-corrected chi connectivity index (χ2v) is 6.50. The van der Waals surface area contributed by atoms with E-state index in [9.17, 15) is 5.11 Å². The highest BCUT2D eigenvalue weighted by molar-refractivity contribution is 9.10. The van der Waals surface area contributed by atoms with Gasteiger partial charge in [0, 0.05) is 5.56 Å². The number of benzene rings is 1. The largest absolute Gasteiger partial charge is 0.496 e. The van der Waals surface area contributed by atoms with E-state index in [1.807, 2.05) is 12.1 Å². The maximum atomic E-state index is 10.6. The fourth-order valence-electron chi connectivity index (χ4n) is 3.10. The van der Waals surface area contributed by atoms with Gasteiger partial charge in [-0.3, -0.25) is 0 Å². The van der Waals surface area contributed by atoms with Crippen LogP contribution in [-0.4, -0.2) is 25.4 Å². The molecule has 2 rings (SSSR count). The lowest BCUT2D eigenvalue weighted by Gasteiger charge is -2.31. The molecule has 1 aliphatic rings. The minimum atomic E-state index is -0.551. The van der Waals surface area contributed by atoms with Crippen molar-refractivity contribution in [1.29, 1.82) is 0 Å². The molecular formula is C16H25BrClNO3. The van der Waals surface area contributed by atoms with Crippen molar-refractivity contribution in [1.82, 2.24) is 0 Å². The van der Waals surface area contributed by atoms with Crippen molar-refractivity contribution in [3.8, 4) is 11.5 Å². The minimum absolute atomic E-state index is 0. The number of methoxy groups -OCH3 is 2. The first-order chi connectivity index (χ1) is 10.1. The van der Waals surface area contributed by atoms with Crippen LogP contribution in [0.4, 0.5) is 0 Å². The molecule has 1 aliphatic carbocycles. The molecule has 0 aromatic heterocycles. The molecular weight excluding hydrogens is 370 g/mol. The Hall–Kier alpha value is -0.490. The Kier molecular flexibility index (Phi) is 7.97. The summed E-state index contributed by atoms with van der Waals surface area (Å²) >= 11 is 3.44. The van der Waals surface area contributed by atoms with Gasteiger partial charge in [-0.25, -0.2) is 0 Å². The average molecular weight is 395 g/mol. The summed E-state index contributed by atoms with van der Waals surface area (Å²) < 4.78 is 11.5. The normalized spacial score (nSPS) is 18.2. The first-order valence-electron chi connectivity index (χ1n) is 7.43. The lowest BCUT2D eigenvalue weighted by molar-refractivity contribution is 0.0610. The lowest BCUT2D eigenvalue weighted by atomic mass is 9.81. The quantitative estimate of drug-likeness (QED) is 0.796. The van der Waals surface area contributed by atoms with Crippen LogP contribution >= 0.6 is 28.3 Å². The SMILES string of the molecule is COc1cc([C@H](N)[C@H](O)C2CCCCC2)c(OC)cc1Br.Cl. The zero-order valence-electron chi connectivity index (χ0n) is 13.0. The maximum Gasteiger partial charge on any atom is 0.133 e. The molecule has 3 N–H and O–H groups in total. The molecule has 22 heavy (non-hydrogen) atoms. The standard InChI is InChI=1S/C16H24BrNO3.ClH/c1-20-13-9-12(17)14(21-2)8-11(13)15(18)16(19)10-6-4-3-5-7-10;/h8-10,15-16,19H,3-7,18H2,1-2H3;1H/t15-,16+;/m0./s1. The Morgan fingerprint density at radius 1 is 1.14 bits per heavy atom. The summed E-state index contributed by atoms with van der Waals surface area (Å²) in [5.41, 5.74) is 7.11. The number of aliphatic hydroxyl groups excluding tert-OH is 1. The third-order valence-electron chi connectivity index (χ3n) is 4.36. The van der Waals surface area contributed by atoms with Gasteiger partial charge in [0.15, 0.2) is 0 Å². The molecule has 0 bridgehead atoms. The Labute approximate surface area is 146 Å². The highest BCUT2D eigenvalue weighted by Crippen LogP contribution is 2.38. The van der Waals surface area contributed by atoms with E-state index in [-0.39, 0.29) is 18.3 Å². The van der Waals surface area contributed by atoms with Gasteiger partial charge in [0.05, 0.1) is 30.8 Å². The number of ether oxygens (including phenoxy) is 2. The summed E-state index contributed by atoms with van der Waals surface area (Å²) in [6.07, 6.45) is 5.15. The number of hydrogen-bond donors (Lipinski definition) is 2. The Bertz CT molecular complexity index is 481. The van der Waals surface area contributed by atoms with Crippen LogP contribution < -0.4 is 15.2 Å². The van der Waals surface area contributed by atoms with E-state index in [1.165, 1.54) is 19.3 Å². The molecule has 0 aliphatic heterocycles. The maximum absolute atomic E-state index is 10.6. The number of hydrogen-bond acceptors (Lipinski definition) is 4. The van der Waals surface area contributed by atoms with Gasteiger partial charge in [-0.05, 0) is 46.8 Å². The molecule has 0 spiro atoms. The van der Waals surface area contributed by atoms with E-state index in [4.69, 9.17) is 15.2 Å². The Balaban J connectivity index is 0.00000242. The summed E-state index contributed by atoms with van der Waals surface area (Å²) in [5, 5.41) is 10.6. The van der Waals surface area contributed by atoms with Crippen molar-refractivity contribution in [3.63, 3.8) is 0 Å². The molecule has 1 saturated carbocycles. The summed E-state index contributed by atoms with van der Waals surface area (Å²) in [6.45, 7) is 0. The van der Waals surface area contributed by atoms with E-state index in [0.29, 0.717) is 11.5 Å². The smallest absolute Gasteiger partial charge is 0.133 e. The highest BCUT2D eigenvalue weighted by Gasteiger charge is 2.29. The molecule has 0 radical (unpaired) electrons. The van der Waals surface area contributed by atoms with Gasteiger partial charge in [-0.2, -0.15) is 0 Å². The van der Waals surface area contributed by atoms with E-state index in [1.54, 1.807) is 14.2 Å². The van der Waals surface area contributed by atoms with Crippen LogP contribution in [0.1, 0.15) is 43.7 Å². The number of rotatable bonds is 5. The molecule has 0 unspecified atom stereocenters. The third-order valence-corrected chi connectivity index (χ3v) is 4.98. The summed E-state index contributed by atoms with van der Waals surface area (Å²) in [4.78, 5) is 0. The van der Waals surface area contributed by atoms with E-state index < -0.39 is 12.1 Å². The minimum Gasteiger partial charge on any atom is -0.496 e. The molecule has 0 amide bonds. The Morgan fingerprint density at radius 3 is 2.27 bits per heavy atom. The van der Waals surface area contributed by atoms with Gasteiger partial charge in [-0.1, -0.05) is 19.3 Å². The number of halogens is 2. The molecule has 4 nitrogen and oxygen atoms in total. The van der Waals surface area contributed by atoms with Crippen LogP contribution in [0.3, 0.4) is 0 Å².